The monoisotopic (exact) mass is 331 g/mol. The van der Waals surface area contributed by atoms with Gasteiger partial charge in [-0.2, -0.15) is 36.3 Å². The lowest BCUT2D eigenvalue weighted by atomic mass is 10.3. The second kappa shape index (κ2) is 5.36. The van der Waals surface area contributed by atoms with Crippen LogP contribution in [0.15, 0.2) is 0 Å². The summed E-state index contributed by atoms with van der Waals surface area (Å²) in [4.78, 5) is 4.39. The van der Waals surface area contributed by atoms with Crippen molar-refractivity contribution in [2.24, 2.45) is 0 Å². The molecule has 0 aliphatic heterocycles. The molecule has 2 aromatic rings. The molecule has 0 aliphatic carbocycles. The Morgan fingerprint density at radius 1 is 0.545 bits per heavy atom. The molecule has 0 aliphatic rings. The molecule has 1 N–H and O–H groups in total. The molecule has 0 spiro atoms. The summed E-state index contributed by atoms with van der Waals surface area (Å²) >= 11 is 0. The zero-order valence-corrected chi connectivity index (χ0v) is 9.81. The molecule has 2 heterocycles. The van der Waals surface area contributed by atoms with E-state index in [1.165, 1.54) is 0 Å². The van der Waals surface area contributed by atoms with Gasteiger partial charge in [-0.05, 0) is 0 Å². The highest BCUT2D eigenvalue weighted by molar-refractivity contribution is 5.60. The van der Waals surface area contributed by atoms with Crippen LogP contribution in [0.1, 0.15) is 0 Å². The van der Waals surface area contributed by atoms with Gasteiger partial charge in [-0.1, -0.05) is 0 Å². The normalized spacial score (nSPS) is 11.0. The average Bonchev–Trinajstić information content (AvgIpc) is 2.42. The summed E-state index contributed by atoms with van der Waals surface area (Å²) in [6, 6.07) is 0. The maximum absolute atomic E-state index is 13.4. The van der Waals surface area contributed by atoms with Crippen molar-refractivity contribution in [3.05, 3.63) is 47.1 Å². The van der Waals surface area contributed by atoms with E-state index in [4.69, 9.17) is 0 Å². The number of hydrogen-bond acceptors (Lipinski definition) is 4. The largest absolute Gasteiger partial charge is 0.283 e. The minimum absolute atomic E-state index is 1.06. The molecule has 0 bridgehead atoms. The molecule has 118 valence electrons. The molecule has 4 nitrogen and oxygen atoms in total. The fourth-order valence-corrected chi connectivity index (χ4v) is 1.42. The van der Waals surface area contributed by atoms with E-state index in [1.54, 1.807) is 0 Å². The highest BCUT2D eigenvalue weighted by atomic mass is 19.2. The Balaban J connectivity index is 2.72. The Morgan fingerprint density at radius 3 is 1.18 bits per heavy atom. The smallest absolute Gasteiger partial charge is 0.254 e. The molecular weight excluding hydrogens is 330 g/mol. The van der Waals surface area contributed by atoms with Crippen LogP contribution in [0.5, 0.6) is 0 Å². The first-order valence-electron chi connectivity index (χ1n) is 5.05. The molecule has 0 unspecified atom stereocenters. The van der Waals surface area contributed by atoms with Gasteiger partial charge in [0.2, 0.25) is 23.5 Å². The Morgan fingerprint density at radius 2 is 0.864 bits per heavy atom. The number of halogens is 8. The third kappa shape index (κ3) is 2.30. The van der Waals surface area contributed by atoms with E-state index in [0.717, 1.165) is 0 Å². The molecular formula is C10HF8N3O. The van der Waals surface area contributed by atoms with Crippen molar-refractivity contribution in [2.45, 2.75) is 0 Å². The summed E-state index contributed by atoms with van der Waals surface area (Å²) in [5.41, 5.74) is -3.94. The van der Waals surface area contributed by atoms with Crippen LogP contribution in [0.3, 0.4) is 0 Å². The first-order chi connectivity index (χ1) is 10.2. The van der Waals surface area contributed by atoms with E-state index in [2.05, 4.69) is 9.97 Å². The summed E-state index contributed by atoms with van der Waals surface area (Å²) in [5, 5.41) is 8.31. The highest BCUT2D eigenvalue weighted by Crippen LogP contribution is 2.33. The second-order valence-electron chi connectivity index (χ2n) is 3.65. The van der Waals surface area contributed by atoms with Crippen molar-refractivity contribution in [2.75, 3.05) is 5.06 Å². The van der Waals surface area contributed by atoms with Crippen LogP contribution in [0.2, 0.25) is 0 Å². The standard InChI is InChI=1S/C10HF8N3O/c11-1-3(13)7(15)19-9(17)5(1)21(22)6-2(12)4(14)8(16)20-10(6)18/h22H. The molecule has 2 aromatic heterocycles. The van der Waals surface area contributed by atoms with E-state index >= 15 is 0 Å². The van der Waals surface area contributed by atoms with Crippen LogP contribution in [-0.4, -0.2) is 15.2 Å². The van der Waals surface area contributed by atoms with Gasteiger partial charge in [-0.3, -0.25) is 5.21 Å². The Kier molecular flexibility index (Phi) is 3.87. The van der Waals surface area contributed by atoms with Gasteiger partial charge >= 0.3 is 0 Å². The fraction of sp³-hybridized carbons (Fsp3) is 0. The van der Waals surface area contributed by atoms with Crippen molar-refractivity contribution >= 4 is 11.4 Å². The fourth-order valence-electron chi connectivity index (χ4n) is 1.42. The predicted octanol–water partition coefficient (Wildman–Crippen LogP) is 3.12. The van der Waals surface area contributed by atoms with Crippen LogP contribution in [0.25, 0.3) is 0 Å². The lowest BCUT2D eigenvalue weighted by molar-refractivity contribution is 0.271. The van der Waals surface area contributed by atoms with Crippen LogP contribution in [0, 0.1) is 47.1 Å². The number of rotatable bonds is 2. The van der Waals surface area contributed by atoms with Crippen LogP contribution in [0.4, 0.5) is 46.5 Å². The zero-order valence-electron chi connectivity index (χ0n) is 9.81. The predicted molar refractivity (Wildman–Crippen MR) is 52.1 cm³/mol. The minimum Gasteiger partial charge on any atom is -0.283 e. The SMILES string of the molecule is ON(c1c(F)nc(F)c(F)c1F)c1c(F)nc(F)c(F)c1F. The van der Waals surface area contributed by atoms with E-state index < -0.39 is 63.5 Å². The molecule has 0 saturated heterocycles. The Labute approximate surface area is 115 Å². The maximum atomic E-state index is 13.4. The van der Waals surface area contributed by atoms with Crippen LogP contribution in [-0.2, 0) is 0 Å². The second-order valence-corrected chi connectivity index (χ2v) is 3.65. The average molecular weight is 331 g/mol. The minimum atomic E-state index is -2.42. The zero-order chi connectivity index (χ0) is 16.8. The van der Waals surface area contributed by atoms with Crippen molar-refractivity contribution in [3.63, 3.8) is 0 Å². The third-order valence-corrected chi connectivity index (χ3v) is 2.37. The van der Waals surface area contributed by atoms with Crippen molar-refractivity contribution in [1.29, 1.82) is 0 Å². The molecule has 0 amide bonds. The Bertz CT molecular complexity index is 705. The van der Waals surface area contributed by atoms with Crippen LogP contribution >= 0.6 is 0 Å². The van der Waals surface area contributed by atoms with Crippen molar-refractivity contribution in [1.82, 2.24) is 9.97 Å². The highest BCUT2D eigenvalue weighted by Gasteiger charge is 2.31. The van der Waals surface area contributed by atoms with Crippen molar-refractivity contribution < 1.29 is 40.3 Å². The van der Waals surface area contributed by atoms with Gasteiger partial charge in [0, 0.05) is 0 Å². The number of pyridine rings is 2. The van der Waals surface area contributed by atoms with E-state index in [1.807, 2.05) is 0 Å². The lowest BCUT2D eigenvalue weighted by Gasteiger charge is -2.18. The molecule has 0 radical (unpaired) electrons. The van der Waals surface area contributed by atoms with Gasteiger partial charge in [-0.25, -0.2) is 13.8 Å². The maximum Gasteiger partial charge on any atom is 0.254 e. The molecule has 0 atom stereocenters. The molecule has 0 saturated carbocycles. The number of hydrogen-bond donors (Lipinski definition) is 1. The van der Waals surface area contributed by atoms with Crippen LogP contribution < -0.4 is 5.06 Å². The first-order valence-corrected chi connectivity index (χ1v) is 5.05. The van der Waals surface area contributed by atoms with E-state index in [-0.39, 0.29) is 0 Å². The molecule has 0 fully saturated rings. The van der Waals surface area contributed by atoms with E-state index in [0.29, 0.717) is 0 Å². The topological polar surface area (TPSA) is 49.2 Å². The van der Waals surface area contributed by atoms with Gasteiger partial charge < -0.3 is 0 Å². The van der Waals surface area contributed by atoms with Crippen molar-refractivity contribution in [3.8, 4) is 0 Å². The number of aromatic nitrogens is 2. The van der Waals surface area contributed by atoms with Gasteiger partial charge in [0.05, 0.1) is 0 Å². The molecule has 12 heteroatoms. The van der Waals surface area contributed by atoms with Gasteiger partial charge in [0.25, 0.3) is 11.9 Å². The van der Waals surface area contributed by atoms with Gasteiger partial charge in [-0.15, -0.1) is 0 Å². The summed E-state index contributed by atoms with van der Waals surface area (Å²) in [5.74, 6) is -18.5. The van der Waals surface area contributed by atoms with E-state index in [9.17, 15) is 40.3 Å². The molecule has 2 rings (SSSR count). The molecule has 0 aromatic carbocycles. The van der Waals surface area contributed by atoms with Gasteiger partial charge in [0.15, 0.2) is 23.0 Å². The summed E-state index contributed by atoms with van der Waals surface area (Å²) in [6.07, 6.45) is 0. The first kappa shape index (κ1) is 15.9. The number of nitrogens with zero attached hydrogens (tertiary/aromatic N) is 3. The number of anilines is 2. The van der Waals surface area contributed by atoms with Gasteiger partial charge in [0.1, 0.15) is 0 Å². The quantitative estimate of drug-likeness (QED) is 0.522. The summed E-state index contributed by atoms with van der Waals surface area (Å²) < 4.78 is 104. The summed E-state index contributed by atoms with van der Waals surface area (Å²) in [7, 11) is 0. The summed E-state index contributed by atoms with van der Waals surface area (Å²) in [6.45, 7) is 0. The molecule has 22 heavy (non-hydrogen) atoms. The third-order valence-electron chi connectivity index (χ3n) is 2.37. The Hall–Kier alpha value is -2.50. The lowest BCUT2D eigenvalue weighted by Crippen LogP contribution is -2.21.